The van der Waals surface area contributed by atoms with E-state index in [2.05, 4.69) is 10.6 Å². The summed E-state index contributed by atoms with van der Waals surface area (Å²) in [6.07, 6.45) is -3.82. The van der Waals surface area contributed by atoms with Crippen molar-refractivity contribution in [1.29, 1.82) is 0 Å². The topological polar surface area (TPSA) is 59.6 Å². The molecule has 2 aromatic rings. The molecule has 2 N–H and O–H groups in total. The van der Waals surface area contributed by atoms with Crippen molar-refractivity contribution >= 4 is 11.7 Å². The monoisotopic (exact) mass is 352 g/mol. The lowest BCUT2D eigenvalue weighted by Gasteiger charge is -2.10. The third kappa shape index (κ3) is 4.34. The fourth-order valence-electron chi connectivity index (χ4n) is 2.33. The number of hydrogen-bond donors (Lipinski definition) is 2. The largest absolute Gasteiger partial charge is 0.454 e. The van der Waals surface area contributed by atoms with Crippen LogP contribution in [-0.2, 0) is 12.6 Å². The predicted octanol–water partition coefficient (Wildman–Crippen LogP) is 3.80. The summed E-state index contributed by atoms with van der Waals surface area (Å²) in [6, 6.07) is 9.30. The Morgan fingerprint density at radius 1 is 1.04 bits per heavy atom. The zero-order valence-electron chi connectivity index (χ0n) is 13.0. The van der Waals surface area contributed by atoms with Crippen molar-refractivity contribution in [2.24, 2.45) is 0 Å². The quantitative estimate of drug-likeness (QED) is 0.880. The summed E-state index contributed by atoms with van der Waals surface area (Å²) in [5, 5.41) is 5.13. The third-order valence-corrected chi connectivity index (χ3v) is 3.61. The number of nitrogens with one attached hydrogen (secondary N) is 2. The standard InChI is InChI=1S/C17H15F3N2O3/c18-17(19,20)12-2-4-13(5-3-12)22-16(23)21-8-7-11-1-6-14-15(9-11)25-10-24-14/h1-6,9H,7-8,10H2,(H2,21,22,23). The van der Waals surface area contributed by atoms with Crippen LogP contribution >= 0.6 is 0 Å². The van der Waals surface area contributed by atoms with Crippen LogP contribution in [0.4, 0.5) is 23.7 Å². The molecule has 2 aromatic carbocycles. The molecule has 0 spiro atoms. The molecule has 0 fully saturated rings. The van der Waals surface area contributed by atoms with Crippen molar-refractivity contribution in [3.63, 3.8) is 0 Å². The van der Waals surface area contributed by atoms with Crippen molar-refractivity contribution in [2.45, 2.75) is 12.6 Å². The number of halogens is 3. The second-order valence-electron chi connectivity index (χ2n) is 5.39. The first-order chi connectivity index (χ1) is 11.9. The summed E-state index contributed by atoms with van der Waals surface area (Å²) in [6.45, 7) is 0.568. The van der Waals surface area contributed by atoms with Crippen LogP contribution in [0.2, 0.25) is 0 Å². The van der Waals surface area contributed by atoms with Gasteiger partial charge in [0, 0.05) is 12.2 Å². The van der Waals surface area contributed by atoms with Gasteiger partial charge in [-0.25, -0.2) is 4.79 Å². The Bertz CT molecular complexity index is 761. The van der Waals surface area contributed by atoms with Crippen LogP contribution < -0.4 is 20.1 Å². The minimum atomic E-state index is -4.40. The lowest BCUT2D eigenvalue weighted by molar-refractivity contribution is -0.137. The molecule has 25 heavy (non-hydrogen) atoms. The fourth-order valence-corrected chi connectivity index (χ4v) is 2.33. The number of anilines is 1. The Hall–Kier alpha value is -2.90. The van der Waals surface area contributed by atoms with Crippen LogP contribution in [0.1, 0.15) is 11.1 Å². The molecule has 5 nitrogen and oxygen atoms in total. The molecule has 132 valence electrons. The lowest BCUT2D eigenvalue weighted by Crippen LogP contribution is -2.30. The van der Waals surface area contributed by atoms with Gasteiger partial charge in [-0.3, -0.25) is 0 Å². The molecule has 2 amide bonds. The molecule has 8 heteroatoms. The smallest absolute Gasteiger partial charge is 0.416 e. The van der Waals surface area contributed by atoms with Crippen molar-refractivity contribution in [1.82, 2.24) is 5.32 Å². The van der Waals surface area contributed by atoms with Crippen LogP contribution in [-0.4, -0.2) is 19.4 Å². The first-order valence-electron chi connectivity index (χ1n) is 7.52. The van der Waals surface area contributed by atoms with E-state index in [-0.39, 0.29) is 12.5 Å². The highest BCUT2D eigenvalue weighted by Crippen LogP contribution is 2.32. The van der Waals surface area contributed by atoms with Gasteiger partial charge in [0.1, 0.15) is 0 Å². The maximum absolute atomic E-state index is 12.5. The summed E-state index contributed by atoms with van der Waals surface area (Å²) in [5.41, 5.74) is 0.494. The molecule has 0 bridgehead atoms. The number of amides is 2. The number of benzene rings is 2. The molecule has 1 aliphatic heterocycles. The number of carbonyl (C=O) groups is 1. The minimum Gasteiger partial charge on any atom is -0.454 e. The van der Waals surface area contributed by atoms with Crippen LogP contribution in [0.3, 0.4) is 0 Å². The maximum atomic E-state index is 12.5. The predicted molar refractivity (Wildman–Crippen MR) is 84.7 cm³/mol. The van der Waals surface area contributed by atoms with E-state index in [1.807, 2.05) is 12.1 Å². The van der Waals surface area contributed by atoms with Crippen molar-refractivity contribution < 1.29 is 27.4 Å². The van der Waals surface area contributed by atoms with E-state index in [4.69, 9.17) is 9.47 Å². The van der Waals surface area contributed by atoms with Gasteiger partial charge in [-0.2, -0.15) is 13.2 Å². The summed E-state index contributed by atoms with van der Waals surface area (Å²) in [7, 11) is 0. The summed E-state index contributed by atoms with van der Waals surface area (Å²) < 4.78 is 47.9. The second-order valence-corrected chi connectivity index (χ2v) is 5.39. The molecule has 0 saturated heterocycles. The summed E-state index contributed by atoms with van der Waals surface area (Å²) in [4.78, 5) is 11.8. The van der Waals surface area contributed by atoms with E-state index in [0.29, 0.717) is 24.5 Å². The van der Waals surface area contributed by atoms with Gasteiger partial charge in [0.2, 0.25) is 6.79 Å². The highest BCUT2D eigenvalue weighted by molar-refractivity contribution is 5.89. The first kappa shape index (κ1) is 16.9. The van der Waals surface area contributed by atoms with E-state index < -0.39 is 17.8 Å². The van der Waals surface area contributed by atoms with E-state index >= 15 is 0 Å². The zero-order valence-corrected chi connectivity index (χ0v) is 13.0. The maximum Gasteiger partial charge on any atom is 0.416 e. The number of carbonyl (C=O) groups excluding carboxylic acids is 1. The van der Waals surface area contributed by atoms with Gasteiger partial charge in [0.15, 0.2) is 11.5 Å². The van der Waals surface area contributed by atoms with Crippen LogP contribution in [0, 0.1) is 0 Å². The highest BCUT2D eigenvalue weighted by Gasteiger charge is 2.29. The Labute approximate surface area is 141 Å². The molecule has 0 radical (unpaired) electrons. The second kappa shape index (κ2) is 6.92. The number of urea groups is 1. The molecule has 0 unspecified atom stereocenters. The lowest BCUT2D eigenvalue weighted by atomic mass is 10.1. The molecular formula is C17H15F3N2O3. The van der Waals surface area contributed by atoms with Gasteiger partial charge in [0.25, 0.3) is 0 Å². The van der Waals surface area contributed by atoms with Gasteiger partial charge in [0.05, 0.1) is 5.56 Å². The van der Waals surface area contributed by atoms with Gasteiger partial charge in [-0.15, -0.1) is 0 Å². The molecule has 0 saturated carbocycles. The first-order valence-corrected chi connectivity index (χ1v) is 7.52. The highest BCUT2D eigenvalue weighted by atomic mass is 19.4. The Morgan fingerprint density at radius 3 is 2.48 bits per heavy atom. The summed E-state index contributed by atoms with van der Waals surface area (Å²) >= 11 is 0. The van der Waals surface area contributed by atoms with Crippen LogP contribution in [0.5, 0.6) is 11.5 Å². The minimum absolute atomic E-state index is 0.201. The summed E-state index contributed by atoms with van der Waals surface area (Å²) in [5.74, 6) is 1.36. The van der Waals surface area contributed by atoms with E-state index in [9.17, 15) is 18.0 Å². The molecule has 1 aliphatic rings. The Balaban J connectivity index is 1.46. The number of hydrogen-bond acceptors (Lipinski definition) is 3. The van der Waals surface area contributed by atoms with Crippen molar-refractivity contribution in [3.05, 3.63) is 53.6 Å². The van der Waals surface area contributed by atoms with E-state index in [1.165, 1.54) is 12.1 Å². The molecule has 0 aromatic heterocycles. The molecule has 1 heterocycles. The van der Waals surface area contributed by atoms with Crippen molar-refractivity contribution in [3.8, 4) is 11.5 Å². The Morgan fingerprint density at radius 2 is 1.76 bits per heavy atom. The number of ether oxygens (including phenoxy) is 2. The van der Waals surface area contributed by atoms with Crippen molar-refractivity contribution in [2.75, 3.05) is 18.7 Å². The fraction of sp³-hybridized carbons (Fsp3) is 0.235. The SMILES string of the molecule is O=C(NCCc1ccc2c(c1)OCO2)Nc1ccc(C(F)(F)F)cc1. The van der Waals surface area contributed by atoms with Gasteiger partial charge in [-0.05, 0) is 48.4 Å². The van der Waals surface area contributed by atoms with Gasteiger partial charge < -0.3 is 20.1 Å². The molecule has 0 atom stereocenters. The van der Waals surface area contributed by atoms with Gasteiger partial charge >= 0.3 is 12.2 Å². The van der Waals surface area contributed by atoms with Gasteiger partial charge in [-0.1, -0.05) is 6.07 Å². The number of alkyl halides is 3. The molecular weight excluding hydrogens is 337 g/mol. The number of rotatable bonds is 4. The number of fused-ring (bicyclic) bond motifs is 1. The molecule has 3 rings (SSSR count). The average Bonchev–Trinajstić information content (AvgIpc) is 3.02. The van der Waals surface area contributed by atoms with Crippen LogP contribution in [0.15, 0.2) is 42.5 Å². The third-order valence-electron chi connectivity index (χ3n) is 3.61. The van der Waals surface area contributed by atoms with Crippen LogP contribution in [0.25, 0.3) is 0 Å². The Kier molecular flexibility index (Phi) is 4.69. The average molecular weight is 352 g/mol. The van der Waals surface area contributed by atoms with E-state index in [0.717, 1.165) is 17.7 Å². The normalized spacial score (nSPS) is 12.8. The zero-order chi connectivity index (χ0) is 17.9. The van der Waals surface area contributed by atoms with E-state index in [1.54, 1.807) is 6.07 Å². The molecule has 0 aliphatic carbocycles.